The number of rotatable bonds is 6. The van der Waals surface area contributed by atoms with E-state index in [0.29, 0.717) is 13.1 Å². The Morgan fingerprint density at radius 1 is 1.42 bits per heavy atom. The fourth-order valence-electron chi connectivity index (χ4n) is 1.69. The predicted octanol–water partition coefficient (Wildman–Crippen LogP) is 1.72. The molecule has 0 unspecified atom stereocenters. The van der Waals surface area contributed by atoms with Gasteiger partial charge in [0.2, 0.25) is 5.82 Å². The molecule has 7 heteroatoms. The minimum absolute atomic E-state index is 0.245. The lowest BCUT2D eigenvalue weighted by Crippen LogP contribution is -2.20. The second-order valence-corrected chi connectivity index (χ2v) is 3.95. The lowest BCUT2D eigenvalue weighted by molar-refractivity contribution is -0.387. The normalized spacial score (nSPS) is 10.6. The molecule has 1 heterocycles. The first-order valence-corrected chi connectivity index (χ1v) is 5.78. The van der Waals surface area contributed by atoms with E-state index in [-0.39, 0.29) is 12.1 Å². The molecule has 0 saturated heterocycles. The topological polar surface area (TPSA) is 73.0 Å². The van der Waals surface area contributed by atoms with Crippen LogP contribution >= 0.6 is 0 Å². The minimum atomic E-state index is -0.779. The molecule has 100 valence electrons. The van der Waals surface area contributed by atoms with Crippen LogP contribution < -0.4 is 5.32 Å². The van der Waals surface area contributed by atoms with Crippen LogP contribution in [0, 0.1) is 15.9 Å². The summed E-state index contributed by atoms with van der Waals surface area (Å²) < 4.78 is 15.5. The summed E-state index contributed by atoms with van der Waals surface area (Å²) in [6.07, 6.45) is 3.51. The van der Waals surface area contributed by atoms with Crippen LogP contribution in [0.3, 0.4) is 0 Å². The molecule has 0 spiro atoms. The Labute approximate surface area is 109 Å². The average Bonchev–Trinajstić information content (AvgIpc) is 2.89. The van der Waals surface area contributed by atoms with E-state index in [2.05, 4.69) is 10.4 Å². The summed E-state index contributed by atoms with van der Waals surface area (Å²) in [4.78, 5) is 9.87. The van der Waals surface area contributed by atoms with Gasteiger partial charge in [0.1, 0.15) is 0 Å². The van der Waals surface area contributed by atoms with Crippen molar-refractivity contribution in [1.82, 2.24) is 15.1 Å². The Hall–Kier alpha value is -2.28. The van der Waals surface area contributed by atoms with Crippen LogP contribution in [0.15, 0.2) is 36.7 Å². The number of nitrogens with one attached hydrogen (secondary N) is 1. The van der Waals surface area contributed by atoms with E-state index in [9.17, 15) is 14.5 Å². The van der Waals surface area contributed by atoms with Gasteiger partial charge in [-0.3, -0.25) is 14.8 Å². The third kappa shape index (κ3) is 3.35. The first-order chi connectivity index (χ1) is 9.18. The fraction of sp³-hybridized carbons (Fsp3) is 0.250. The van der Waals surface area contributed by atoms with Crippen molar-refractivity contribution in [3.63, 3.8) is 0 Å². The third-order valence-electron chi connectivity index (χ3n) is 2.65. The van der Waals surface area contributed by atoms with Crippen molar-refractivity contribution in [3.05, 3.63) is 58.2 Å². The first kappa shape index (κ1) is 13.2. The number of hydrogen-bond acceptors (Lipinski definition) is 4. The molecule has 0 bridgehead atoms. The molecule has 0 aliphatic heterocycles. The highest BCUT2D eigenvalue weighted by molar-refractivity contribution is 5.36. The Balaban J connectivity index is 1.89. The van der Waals surface area contributed by atoms with Crippen molar-refractivity contribution in [2.45, 2.75) is 13.1 Å². The van der Waals surface area contributed by atoms with E-state index in [1.54, 1.807) is 10.9 Å². The number of hydrogen-bond donors (Lipinski definition) is 1. The van der Waals surface area contributed by atoms with Gasteiger partial charge in [-0.05, 0) is 6.07 Å². The van der Waals surface area contributed by atoms with Crippen LogP contribution in [-0.4, -0.2) is 21.2 Å². The zero-order chi connectivity index (χ0) is 13.7. The first-order valence-electron chi connectivity index (χ1n) is 5.78. The maximum Gasteiger partial charge on any atom is 0.305 e. The molecule has 0 aliphatic carbocycles. The fourth-order valence-corrected chi connectivity index (χ4v) is 1.69. The highest BCUT2D eigenvalue weighted by Crippen LogP contribution is 2.19. The second-order valence-electron chi connectivity index (χ2n) is 3.95. The standard InChI is InChI=1S/C12H13FN4O2/c13-12-10(3-1-4-11(12)17(18)19)9-14-6-8-16-7-2-5-15-16/h1-5,7,14H,6,8-9H2. The quantitative estimate of drug-likeness (QED) is 0.490. The molecule has 0 fully saturated rings. The van der Waals surface area contributed by atoms with E-state index in [4.69, 9.17) is 0 Å². The molecule has 0 saturated carbocycles. The van der Waals surface area contributed by atoms with E-state index in [1.165, 1.54) is 12.1 Å². The summed E-state index contributed by atoms with van der Waals surface area (Å²) in [6.45, 7) is 1.50. The maximum atomic E-state index is 13.7. The van der Waals surface area contributed by atoms with E-state index in [0.717, 1.165) is 6.07 Å². The van der Waals surface area contributed by atoms with Gasteiger partial charge in [0.15, 0.2) is 0 Å². The van der Waals surface area contributed by atoms with Crippen molar-refractivity contribution >= 4 is 5.69 Å². The van der Waals surface area contributed by atoms with Crippen LogP contribution in [-0.2, 0) is 13.1 Å². The Morgan fingerprint density at radius 2 is 2.26 bits per heavy atom. The van der Waals surface area contributed by atoms with Crippen LogP contribution in [0.2, 0.25) is 0 Å². The summed E-state index contributed by atoms with van der Waals surface area (Å²) in [7, 11) is 0. The van der Waals surface area contributed by atoms with Crippen LogP contribution in [0.4, 0.5) is 10.1 Å². The Kier molecular flexibility index (Phi) is 4.19. The number of nitrogens with zero attached hydrogens (tertiary/aromatic N) is 3. The highest BCUT2D eigenvalue weighted by atomic mass is 19.1. The Morgan fingerprint density at radius 3 is 2.95 bits per heavy atom. The molecule has 0 aliphatic rings. The van der Waals surface area contributed by atoms with E-state index in [1.807, 2.05) is 12.3 Å². The number of halogens is 1. The minimum Gasteiger partial charge on any atom is -0.311 e. The van der Waals surface area contributed by atoms with Gasteiger partial charge >= 0.3 is 5.69 Å². The van der Waals surface area contributed by atoms with Gasteiger partial charge in [-0.15, -0.1) is 0 Å². The van der Waals surface area contributed by atoms with Crippen LogP contribution in [0.1, 0.15) is 5.56 Å². The van der Waals surface area contributed by atoms with Crippen molar-refractivity contribution in [1.29, 1.82) is 0 Å². The molecule has 0 amide bonds. The highest BCUT2D eigenvalue weighted by Gasteiger charge is 2.16. The summed E-state index contributed by atoms with van der Waals surface area (Å²) >= 11 is 0. The number of aromatic nitrogens is 2. The van der Waals surface area contributed by atoms with E-state index < -0.39 is 16.4 Å². The van der Waals surface area contributed by atoms with Crippen LogP contribution in [0.5, 0.6) is 0 Å². The largest absolute Gasteiger partial charge is 0.311 e. The monoisotopic (exact) mass is 264 g/mol. The maximum absolute atomic E-state index is 13.7. The number of nitro benzene ring substituents is 1. The molecule has 2 rings (SSSR count). The van der Waals surface area contributed by atoms with E-state index >= 15 is 0 Å². The second kappa shape index (κ2) is 6.05. The summed E-state index contributed by atoms with van der Waals surface area (Å²) in [5.41, 5.74) is -0.207. The average molecular weight is 264 g/mol. The molecule has 2 aromatic rings. The van der Waals surface area contributed by atoms with Crippen LogP contribution in [0.25, 0.3) is 0 Å². The van der Waals surface area contributed by atoms with Gasteiger partial charge in [-0.25, -0.2) is 0 Å². The van der Waals surface area contributed by atoms with Gasteiger partial charge in [0, 0.05) is 37.1 Å². The van der Waals surface area contributed by atoms with Gasteiger partial charge in [-0.2, -0.15) is 9.49 Å². The van der Waals surface area contributed by atoms with Gasteiger partial charge in [0.05, 0.1) is 11.5 Å². The molecule has 19 heavy (non-hydrogen) atoms. The molecular formula is C12H13FN4O2. The third-order valence-corrected chi connectivity index (χ3v) is 2.65. The molecule has 6 nitrogen and oxygen atoms in total. The molecule has 1 aromatic carbocycles. The van der Waals surface area contributed by atoms with Gasteiger partial charge in [-0.1, -0.05) is 12.1 Å². The van der Waals surface area contributed by atoms with Crippen molar-refractivity contribution < 1.29 is 9.31 Å². The smallest absolute Gasteiger partial charge is 0.305 e. The molecule has 1 N–H and O–H groups in total. The van der Waals surface area contributed by atoms with Gasteiger partial charge in [0.25, 0.3) is 0 Å². The van der Waals surface area contributed by atoms with Crippen molar-refractivity contribution in [2.75, 3.05) is 6.54 Å². The molecule has 1 aromatic heterocycles. The molecule has 0 radical (unpaired) electrons. The zero-order valence-electron chi connectivity index (χ0n) is 10.1. The SMILES string of the molecule is O=[N+]([O-])c1cccc(CNCCn2cccn2)c1F. The van der Waals surface area contributed by atoms with Crippen molar-refractivity contribution in [3.8, 4) is 0 Å². The molecular weight excluding hydrogens is 251 g/mol. The molecule has 0 atom stereocenters. The van der Waals surface area contributed by atoms with Crippen molar-refractivity contribution in [2.24, 2.45) is 0 Å². The lowest BCUT2D eigenvalue weighted by Gasteiger charge is -2.06. The Bertz CT molecular complexity index is 557. The summed E-state index contributed by atoms with van der Waals surface area (Å²) in [5.74, 6) is -0.779. The predicted molar refractivity (Wildman–Crippen MR) is 67.0 cm³/mol. The number of benzene rings is 1. The number of nitro groups is 1. The summed E-state index contributed by atoms with van der Waals surface area (Å²) in [6, 6.07) is 5.98. The van der Waals surface area contributed by atoms with Gasteiger partial charge < -0.3 is 5.32 Å². The lowest BCUT2D eigenvalue weighted by atomic mass is 10.2. The summed E-state index contributed by atoms with van der Waals surface area (Å²) in [5, 5.41) is 17.6. The zero-order valence-corrected chi connectivity index (χ0v) is 10.1.